The highest BCUT2D eigenvalue weighted by atomic mass is 32.9. The molecule has 2 nitrogen and oxygen atoms in total. The van der Waals surface area contributed by atoms with Crippen LogP contribution in [0.4, 0.5) is 0 Å². The van der Waals surface area contributed by atoms with Crippen LogP contribution < -0.4 is 0 Å². The van der Waals surface area contributed by atoms with E-state index < -0.39 is 5.69 Å². The van der Waals surface area contributed by atoms with Gasteiger partial charge in [-0.1, -0.05) is 24.1 Å². The third-order valence-corrected chi connectivity index (χ3v) is 6.15. The Kier molecular flexibility index (Phi) is 6.87. The van der Waals surface area contributed by atoms with Gasteiger partial charge in [0.25, 0.3) is 5.69 Å². The first kappa shape index (κ1) is 14.8. The lowest BCUT2D eigenvalue weighted by atomic mass is 10.2. The van der Waals surface area contributed by atoms with Crippen LogP contribution in [-0.4, -0.2) is 13.2 Å². The Morgan fingerprint density at radius 2 is 1.76 bits per heavy atom. The van der Waals surface area contributed by atoms with Crippen molar-refractivity contribution in [2.45, 2.75) is 13.8 Å². The van der Waals surface area contributed by atoms with Gasteiger partial charge in [0.1, 0.15) is 0 Å². The summed E-state index contributed by atoms with van der Waals surface area (Å²) < 4.78 is 10.9. The second-order valence-corrected chi connectivity index (χ2v) is 8.89. The highest BCUT2D eigenvalue weighted by Gasteiger charge is 2.17. The Morgan fingerprint density at radius 3 is 2.29 bits per heavy atom. The quantitative estimate of drug-likeness (QED) is 0.600. The molecule has 0 aliphatic rings. The Bertz CT molecular complexity index is 427. The van der Waals surface area contributed by atoms with Crippen molar-refractivity contribution in [1.29, 1.82) is 0 Å². The number of benzene rings is 1. The van der Waals surface area contributed by atoms with Gasteiger partial charge in [0, 0.05) is 16.9 Å². The van der Waals surface area contributed by atoms with E-state index >= 15 is 0 Å². The lowest BCUT2D eigenvalue weighted by molar-refractivity contribution is 0.281. The van der Waals surface area contributed by atoms with Gasteiger partial charge in [0.15, 0.2) is 0 Å². The van der Waals surface area contributed by atoms with Gasteiger partial charge in [-0.3, -0.25) is 0 Å². The van der Waals surface area contributed by atoms with Crippen molar-refractivity contribution >= 4 is 28.9 Å². The van der Waals surface area contributed by atoms with Crippen molar-refractivity contribution in [3.05, 3.63) is 35.9 Å². The summed E-state index contributed by atoms with van der Waals surface area (Å²) in [6.45, 7) is 4.92. The summed E-state index contributed by atoms with van der Waals surface area (Å²) in [5.74, 6) is 3.03. The Hall–Kier alpha value is -0.300. The first-order chi connectivity index (χ1) is 8.20. The van der Waals surface area contributed by atoms with Crippen molar-refractivity contribution in [3.8, 4) is 11.2 Å². The van der Waals surface area contributed by atoms with Crippen molar-refractivity contribution in [1.82, 2.24) is 0 Å². The molecule has 0 amide bonds. The predicted molar refractivity (Wildman–Crippen MR) is 78.4 cm³/mol. The first-order valence-corrected chi connectivity index (χ1v) is 9.40. The van der Waals surface area contributed by atoms with E-state index in [0.717, 1.165) is 5.56 Å². The molecule has 0 atom stereocenters. The molecule has 0 spiro atoms. The zero-order chi connectivity index (χ0) is 12.6. The monoisotopic (exact) mass is 286 g/mol. The van der Waals surface area contributed by atoms with Crippen LogP contribution in [-0.2, 0) is 20.9 Å². The molecule has 0 aromatic heterocycles. The third-order valence-electron chi connectivity index (χ3n) is 1.70. The zero-order valence-corrected chi connectivity index (χ0v) is 12.4. The van der Waals surface area contributed by atoms with Crippen LogP contribution in [0.25, 0.3) is 0 Å². The molecule has 0 bridgehead atoms. The van der Waals surface area contributed by atoms with Crippen LogP contribution >= 0.6 is 17.1 Å². The Morgan fingerprint density at radius 1 is 1.18 bits per heavy atom. The van der Waals surface area contributed by atoms with E-state index in [0.29, 0.717) is 13.2 Å². The molecule has 0 saturated heterocycles. The maximum absolute atomic E-state index is 5.47. The van der Waals surface area contributed by atoms with Crippen molar-refractivity contribution in [2.75, 3.05) is 13.2 Å². The van der Waals surface area contributed by atoms with E-state index in [1.54, 1.807) is 0 Å². The summed E-state index contributed by atoms with van der Waals surface area (Å²) in [6, 6.07) is 9.78. The van der Waals surface area contributed by atoms with Crippen molar-refractivity contribution in [3.63, 3.8) is 0 Å². The van der Waals surface area contributed by atoms with Crippen molar-refractivity contribution in [2.24, 2.45) is 0 Å². The van der Waals surface area contributed by atoms with Crippen LogP contribution in [0.15, 0.2) is 30.3 Å². The molecule has 0 aliphatic carbocycles. The van der Waals surface area contributed by atoms with Crippen LogP contribution in [0.1, 0.15) is 19.4 Å². The summed E-state index contributed by atoms with van der Waals surface area (Å²) in [7, 11) is 0. The largest absolute Gasteiger partial charge is 0.321 e. The maximum Gasteiger partial charge on any atom is 0.259 e. The molecule has 1 aromatic carbocycles. The Balaban J connectivity index is 2.64. The van der Waals surface area contributed by atoms with Gasteiger partial charge in [-0.25, -0.2) is 0 Å². The van der Waals surface area contributed by atoms with E-state index in [1.807, 2.05) is 44.2 Å². The molecule has 92 valence electrons. The zero-order valence-electron chi connectivity index (χ0n) is 9.88. The standard InChI is InChI=1S/C12H15O2PS2/c1-3-13-15(16,14-4-2)17-11-10-12-8-6-5-7-9-12/h5-9H,3-4H2,1-2H3. The molecule has 0 unspecified atom stereocenters. The molecule has 0 fully saturated rings. The van der Waals surface area contributed by atoms with Gasteiger partial charge in [0.2, 0.25) is 0 Å². The van der Waals surface area contributed by atoms with E-state index in [9.17, 15) is 0 Å². The van der Waals surface area contributed by atoms with E-state index in [4.69, 9.17) is 20.9 Å². The number of hydrogen-bond donors (Lipinski definition) is 0. The lowest BCUT2D eigenvalue weighted by Crippen LogP contribution is -1.90. The van der Waals surface area contributed by atoms with Gasteiger partial charge in [0.05, 0.1) is 13.2 Å². The van der Waals surface area contributed by atoms with Gasteiger partial charge in [-0.2, -0.15) is 0 Å². The molecule has 1 aromatic rings. The number of rotatable bonds is 5. The first-order valence-electron chi connectivity index (χ1n) is 5.34. The lowest BCUT2D eigenvalue weighted by Gasteiger charge is -2.16. The normalized spacial score (nSPS) is 10.7. The van der Waals surface area contributed by atoms with E-state index in [-0.39, 0.29) is 0 Å². The van der Waals surface area contributed by atoms with Crippen LogP contribution in [0, 0.1) is 11.2 Å². The minimum atomic E-state index is -2.28. The highest BCUT2D eigenvalue weighted by Crippen LogP contribution is 2.60. The van der Waals surface area contributed by atoms with Crippen LogP contribution in [0.5, 0.6) is 0 Å². The average Bonchev–Trinajstić information content (AvgIpc) is 2.31. The summed E-state index contributed by atoms with van der Waals surface area (Å²) in [6.07, 6.45) is 0. The summed E-state index contributed by atoms with van der Waals surface area (Å²) in [5.41, 5.74) is -1.31. The van der Waals surface area contributed by atoms with Crippen molar-refractivity contribution < 1.29 is 9.05 Å². The van der Waals surface area contributed by atoms with Gasteiger partial charge in [-0.15, -0.1) is 0 Å². The molecule has 0 radical (unpaired) electrons. The fourth-order valence-corrected chi connectivity index (χ4v) is 4.54. The molecular formula is C12H15O2PS2. The van der Waals surface area contributed by atoms with Gasteiger partial charge in [-0.05, 0) is 43.0 Å². The second-order valence-electron chi connectivity index (χ2n) is 2.97. The molecule has 0 N–H and O–H groups in total. The molecule has 0 saturated carbocycles. The minimum absolute atomic E-state index is 0.553. The SMILES string of the molecule is CCOP(=S)(OCC)SC#Cc1ccccc1. The summed E-state index contributed by atoms with van der Waals surface area (Å²) >= 11 is 6.63. The third kappa shape index (κ3) is 5.72. The molecule has 0 aliphatic heterocycles. The average molecular weight is 286 g/mol. The predicted octanol–water partition coefficient (Wildman–Crippen LogP) is 4.03. The van der Waals surface area contributed by atoms with Gasteiger partial charge >= 0.3 is 0 Å². The van der Waals surface area contributed by atoms with Crippen LogP contribution in [0.3, 0.4) is 0 Å². The van der Waals surface area contributed by atoms with Crippen LogP contribution in [0.2, 0.25) is 0 Å². The molecular weight excluding hydrogens is 271 g/mol. The minimum Gasteiger partial charge on any atom is -0.321 e. The van der Waals surface area contributed by atoms with E-state index in [2.05, 4.69) is 11.2 Å². The van der Waals surface area contributed by atoms with E-state index in [1.165, 1.54) is 11.4 Å². The smallest absolute Gasteiger partial charge is 0.259 e. The fraction of sp³-hybridized carbons (Fsp3) is 0.333. The number of hydrogen-bond acceptors (Lipinski definition) is 4. The molecule has 17 heavy (non-hydrogen) atoms. The maximum atomic E-state index is 5.47. The molecule has 1 rings (SSSR count). The second kappa shape index (κ2) is 7.92. The van der Waals surface area contributed by atoms with Gasteiger partial charge < -0.3 is 9.05 Å². The molecule has 0 heterocycles. The summed E-state index contributed by atoms with van der Waals surface area (Å²) in [4.78, 5) is 0. The highest BCUT2D eigenvalue weighted by molar-refractivity contribution is 8.69. The Labute approximate surface area is 112 Å². The topological polar surface area (TPSA) is 18.5 Å². The summed E-state index contributed by atoms with van der Waals surface area (Å²) in [5, 5.41) is 2.97. The molecule has 5 heteroatoms. The fourth-order valence-electron chi connectivity index (χ4n) is 1.07.